The fourth-order valence-electron chi connectivity index (χ4n) is 3.82. The fraction of sp³-hybridized carbons (Fsp3) is 0.333. The summed E-state index contributed by atoms with van der Waals surface area (Å²) >= 11 is 1.33. The first-order valence-electron chi connectivity index (χ1n) is 11.1. The van der Waals surface area contributed by atoms with E-state index in [1.54, 1.807) is 24.4 Å². The zero-order valence-electron chi connectivity index (χ0n) is 19.6. The van der Waals surface area contributed by atoms with Crippen LogP contribution in [-0.2, 0) is 14.8 Å². The van der Waals surface area contributed by atoms with Crippen LogP contribution in [0.5, 0.6) is 0 Å². The number of piperazine rings is 1. The maximum Gasteiger partial charge on any atom is 0.243 e. The van der Waals surface area contributed by atoms with Crippen LogP contribution in [0.1, 0.15) is 11.1 Å². The third kappa shape index (κ3) is 5.35. The number of aryl methyl sites for hydroxylation is 1. The minimum atomic E-state index is -3.60. The fourth-order valence-corrected chi connectivity index (χ4v) is 6.05. The van der Waals surface area contributed by atoms with Gasteiger partial charge in [0, 0.05) is 44.3 Å². The van der Waals surface area contributed by atoms with Crippen molar-refractivity contribution in [2.45, 2.75) is 23.9 Å². The van der Waals surface area contributed by atoms with E-state index in [1.807, 2.05) is 29.9 Å². The van der Waals surface area contributed by atoms with E-state index in [9.17, 15) is 13.2 Å². The maximum atomic E-state index is 13.0. The monoisotopic (exact) mass is 499 g/mol. The highest BCUT2D eigenvalue weighted by Gasteiger charge is 2.27. The van der Waals surface area contributed by atoms with Crippen LogP contribution in [0.4, 0.5) is 5.69 Å². The minimum Gasteiger partial charge on any atom is -0.325 e. The summed E-state index contributed by atoms with van der Waals surface area (Å²) in [5.74, 6) is -0.0771. The van der Waals surface area contributed by atoms with E-state index >= 15 is 0 Å². The number of thioether (sulfide) groups is 1. The van der Waals surface area contributed by atoms with Gasteiger partial charge in [0.25, 0.3) is 0 Å². The van der Waals surface area contributed by atoms with E-state index in [1.165, 1.54) is 27.7 Å². The van der Waals surface area contributed by atoms with Crippen molar-refractivity contribution in [2.75, 3.05) is 44.3 Å². The Bertz CT molecular complexity index is 1280. The van der Waals surface area contributed by atoms with Crippen LogP contribution in [0.2, 0.25) is 0 Å². The SMILES string of the molecule is Cc1cccc(-n2ccnc2SCC(=O)Nc2cccc(S(=O)(=O)N3CCN(C)CC3)c2)c1C. The number of benzene rings is 2. The van der Waals surface area contributed by atoms with Crippen LogP contribution in [-0.4, -0.2) is 72.1 Å². The highest BCUT2D eigenvalue weighted by molar-refractivity contribution is 7.99. The standard InChI is InChI=1S/C24H29N5O3S2/c1-18-6-4-9-22(19(18)2)29-11-10-25-24(29)33-17-23(30)26-20-7-5-8-21(16-20)34(31,32)28-14-12-27(3)13-15-28/h4-11,16H,12-15,17H2,1-3H3,(H,26,30). The molecule has 0 unspecified atom stereocenters. The van der Waals surface area contributed by atoms with Crippen molar-refractivity contribution in [3.8, 4) is 5.69 Å². The molecule has 1 fully saturated rings. The quantitative estimate of drug-likeness (QED) is 0.503. The Morgan fingerprint density at radius 1 is 1.09 bits per heavy atom. The Morgan fingerprint density at radius 3 is 2.59 bits per heavy atom. The number of nitrogens with zero attached hydrogens (tertiary/aromatic N) is 4. The lowest BCUT2D eigenvalue weighted by atomic mass is 10.1. The van der Waals surface area contributed by atoms with Gasteiger partial charge in [-0.15, -0.1) is 0 Å². The summed E-state index contributed by atoms with van der Waals surface area (Å²) in [6.45, 7) is 6.44. The number of aromatic nitrogens is 2. The molecular weight excluding hydrogens is 470 g/mol. The molecule has 1 aromatic heterocycles. The minimum absolute atomic E-state index is 0.150. The Morgan fingerprint density at radius 2 is 1.82 bits per heavy atom. The van der Waals surface area contributed by atoms with Gasteiger partial charge in [-0.05, 0) is 56.3 Å². The van der Waals surface area contributed by atoms with E-state index in [2.05, 4.69) is 35.1 Å². The van der Waals surface area contributed by atoms with Gasteiger partial charge in [0.2, 0.25) is 15.9 Å². The zero-order chi connectivity index (χ0) is 24.3. The molecule has 0 saturated carbocycles. The number of carbonyl (C=O) groups is 1. The highest BCUT2D eigenvalue weighted by atomic mass is 32.2. The number of sulfonamides is 1. The molecule has 0 aliphatic carbocycles. The second kappa shape index (κ2) is 10.3. The van der Waals surface area contributed by atoms with Crippen molar-refractivity contribution in [1.82, 2.24) is 18.8 Å². The molecule has 1 aliphatic heterocycles. The van der Waals surface area contributed by atoms with E-state index < -0.39 is 10.0 Å². The van der Waals surface area contributed by atoms with Crippen LogP contribution in [0.25, 0.3) is 5.69 Å². The number of likely N-dealkylation sites (N-methyl/N-ethyl adjacent to an activating group) is 1. The highest BCUT2D eigenvalue weighted by Crippen LogP contribution is 2.25. The molecule has 180 valence electrons. The Hall–Kier alpha value is -2.66. The molecule has 2 heterocycles. The predicted molar refractivity (Wildman–Crippen MR) is 135 cm³/mol. The first-order chi connectivity index (χ1) is 16.3. The number of hydrogen-bond acceptors (Lipinski definition) is 6. The zero-order valence-corrected chi connectivity index (χ0v) is 21.2. The van der Waals surface area contributed by atoms with E-state index in [-0.39, 0.29) is 16.6 Å². The van der Waals surface area contributed by atoms with Crippen LogP contribution in [0, 0.1) is 13.8 Å². The van der Waals surface area contributed by atoms with Crippen molar-refractivity contribution in [1.29, 1.82) is 0 Å². The molecule has 0 spiro atoms. The second-order valence-electron chi connectivity index (χ2n) is 8.37. The molecule has 8 nitrogen and oxygen atoms in total. The summed E-state index contributed by atoms with van der Waals surface area (Å²) in [5, 5.41) is 3.54. The molecule has 2 aromatic carbocycles. The van der Waals surface area contributed by atoms with Gasteiger partial charge < -0.3 is 10.2 Å². The molecule has 1 amide bonds. The van der Waals surface area contributed by atoms with Gasteiger partial charge in [0.05, 0.1) is 16.3 Å². The summed E-state index contributed by atoms with van der Waals surface area (Å²) in [4.78, 5) is 19.3. The second-order valence-corrected chi connectivity index (χ2v) is 11.3. The topological polar surface area (TPSA) is 87.5 Å². The van der Waals surface area contributed by atoms with Gasteiger partial charge >= 0.3 is 0 Å². The van der Waals surface area contributed by atoms with Crippen LogP contribution in [0.3, 0.4) is 0 Å². The van der Waals surface area contributed by atoms with Crippen LogP contribution in [0.15, 0.2) is 64.9 Å². The molecule has 0 bridgehead atoms. The Labute approximate surface area is 205 Å². The molecule has 34 heavy (non-hydrogen) atoms. The first-order valence-corrected chi connectivity index (χ1v) is 13.5. The third-order valence-electron chi connectivity index (χ3n) is 5.99. The number of nitrogens with one attached hydrogen (secondary N) is 1. The molecule has 10 heteroatoms. The number of amides is 1. The van der Waals surface area contributed by atoms with Gasteiger partial charge in [-0.1, -0.05) is 30.0 Å². The van der Waals surface area contributed by atoms with Gasteiger partial charge in [-0.2, -0.15) is 4.31 Å². The number of imidazole rings is 1. The molecule has 3 aromatic rings. The van der Waals surface area contributed by atoms with Crippen molar-refractivity contribution < 1.29 is 13.2 Å². The number of rotatable bonds is 7. The number of hydrogen-bond donors (Lipinski definition) is 1. The molecular formula is C24H29N5O3S2. The summed E-state index contributed by atoms with van der Waals surface area (Å²) in [6, 6.07) is 12.5. The van der Waals surface area contributed by atoms with E-state index in [0.29, 0.717) is 31.9 Å². The van der Waals surface area contributed by atoms with Crippen LogP contribution >= 0.6 is 11.8 Å². The average molecular weight is 500 g/mol. The summed E-state index contributed by atoms with van der Waals surface area (Å²) in [6.07, 6.45) is 3.60. The lowest BCUT2D eigenvalue weighted by Crippen LogP contribution is -2.47. The molecule has 0 radical (unpaired) electrons. The normalized spacial score (nSPS) is 15.4. The molecule has 1 N–H and O–H groups in total. The van der Waals surface area contributed by atoms with Gasteiger partial charge in [-0.25, -0.2) is 13.4 Å². The summed E-state index contributed by atoms with van der Waals surface area (Å²) in [5.41, 5.74) is 3.83. The van der Waals surface area contributed by atoms with Crippen molar-refractivity contribution in [3.63, 3.8) is 0 Å². The lowest BCUT2D eigenvalue weighted by molar-refractivity contribution is -0.113. The van der Waals surface area contributed by atoms with E-state index in [0.717, 1.165) is 16.4 Å². The molecule has 1 aliphatic rings. The van der Waals surface area contributed by atoms with E-state index in [4.69, 9.17) is 0 Å². The van der Waals surface area contributed by atoms with Crippen molar-refractivity contribution >= 4 is 33.4 Å². The van der Waals surface area contributed by atoms with Gasteiger partial charge in [-0.3, -0.25) is 9.36 Å². The van der Waals surface area contributed by atoms with Crippen molar-refractivity contribution in [3.05, 3.63) is 66.0 Å². The Kier molecular flexibility index (Phi) is 7.42. The predicted octanol–water partition coefficient (Wildman–Crippen LogP) is 3.16. The number of anilines is 1. The molecule has 0 atom stereocenters. The number of carbonyl (C=O) groups excluding carboxylic acids is 1. The van der Waals surface area contributed by atoms with Crippen molar-refractivity contribution in [2.24, 2.45) is 0 Å². The average Bonchev–Trinajstić information content (AvgIpc) is 3.28. The van der Waals surface area contributed by atoms with Gasteiger partial charge in [0.15, 0.2) is 5.16 Å². The summed E-state index contributed by atoms with van der Waals surface area (Å²) < 4.78 is 29.5. The first kappa shape index (κ1) is 24.5. The lowest BCUT2D eigenvalue weighted by Gasteiger charge is -2.31. The largest absolute Gasteiger partial charge is 0.325 e. The Balaban J connectivity index is 1.41. The van der Waals surface area contributed by atoms with Crippen LogP contribution < -0.4 is 5.32 Å². The van der Waals surface area contributed by atoms with Gasteiger partial charge in [0.1, 0.15) is 0 Å². The maximum absolute atomic E-state index is 13.0. The third-order valence-corrected chi connectivity index (χ3v) is 8.85. The molecule has 1 saturated heterocycles. The smallest absolute Gasteiger partial charge is 0.243 e. The summed E-state index contributed by atoms with van der Waals surface area (Å²) in [7, 11) is -1.62. The molecule has 4 rings (SSSR count).